The summed E-state index contributed by atoms with van der Waals surface area (Å²) in [6.07, 6.45) is 16.6. The van der Waals surface area contributed by atoms with Crippen molar-refractivity contribution in [1.29, 1.82) is 0 Å². The van der Waals surface area contributed by atoms with Crippen LogP contribution >= 0.6 is 0 Å². The molecule has 0 unspecified atom stereocenters. The molecule has 0 aromatic carbocycles. The van der Waals surface area contributed by atoms with Gasteiger partial charge >= 0.3 is 0 Å². The van der Waals surface area contributed by atoms with E-state index in [4.69, 9.17) is 0 Å². The molecule has 0 atom stereocenters. The van der Waals surface area contributed by atoms with Crippen molar-refractivity contribution >= 4 is 0 Å². The number of unbranched alkanes of at least 4 members (excludes halogenated alkanes) is 7. The molecule has 0 saturated carbocycles. The van der Waals surface area contributed by atoms with Gasteiger partial charge in [-0.05, 0) is 25.8 Å². The summed E-state index contributed by atoms with van der Waals surface area (Å²) in [5.41, 5.74) is 0. The highest BCUT2D eigenvalue weighted by Crippen LogP contribution is 2.09. The predicted molar refractivity (Wildman–Crippen MR) is 84.2 cm³/mol. The number of hydrogen-bond acceptors (Lipinski definition) is 1. The Balaban J connectivity index is 3.43. The van der Waals surface area contributed by atoms with Gasteiger partial charge in [-0.15, -0.1) is 0 Å². The molecule has 0 aliphatic rings. The van der Waals surface area contributed by atoms with Crippen LogP contribution < -0.4 is 5.32 Å². The minimum Gasteiger partial charge on any atom is -0.314 e. The standard InChI is InChI=1S/C17H37N/c1-4-7-10-11-12-13-16-18-17(14-8-5-2)15-9-6-3/h17-18H,4-16H2,1-3H3. The molecule has 0 aromatic heterocycles. The first-order chi connectivity index (χ1) is 8.85. The third kappa shape index (κ3) is 12.4. The van der Waals surface area contributed by atoms with E-state index in [0.717, 1.165) is 6.04 Å². The van der Waals surface area contributed by atoms with E-state index < -0.39 is 0 Å². The zero-order chi connectivity index (χ0) is 13.5. The molecular weight excluding hydrogens is 218 g/mol. The van der Waals surface area contributed by atoms with Crippen LogP contribution in [-0.4, -0.2) is 12.6 Å². The van der Waals surface area contributed by atoms with Gasteiger partial charge in [-0.25, -0.2) is 0 Å². The van der Waals surface area contributed by atoms with Crippen molar-refractivity contribution in [3.8, 4) is 0 Å². The van der Waals surface area contributed by atoms with E-state index in [0.29, 0.717) is 0 Å². The third-order valence-electron chi connectivity index (χ3n) is 3.78. The maximum Gasteiger partial charge on any atom is 0.00670 e. The molecule has 0 rings (SSSR count). The van der Waals surface area contributed by atoms with Crippen molar-refractivity contribution in [3.63, 3.8) is 0 Å². The van der Waals surface area contributed by atoms with Crippen molar-refractivity contribution in [2.24, 2.45) is 0 Å². The molecule has 0 aliphatic carbocycles. The maximum absolute atomic E-state index is 3.78. The Morgan fingerprint density at radius 3 is 1.67 bits per heavy atom. The van der Waals surface area contributed by atoms with Gasteiger partial charge in [0, 0.05) is 6.04 Å². The molecule has 0 saturated heterocycles. The Morgan fingerprint density at radius 2 is 1.11 bits per heavy atom. The lowest BCUT2D eigenvalue weighted by molar-refractivity contribution is 0.419. The molecule has 1 N–H and O–H groups in total. The molecule has 0 spiro atoms. The van der Waals surface area contributed by atoms with Crippen LogP contribution in [0.5, 0.6) is 0 Å². The lowest BCUT2D eigenvalue weighted by Gasteiger charge is -2.18. The highest BCUT2D eigenvalue weighted by Gasteiger charge is 2.06. The fourth-order valence-electron chi connectivity index (χ4n) is 2.46. The van der Waals surface area contributed by atoms with E-state index >= 15 is 0 Å². The van der Waals surface area contributed by atoms with Gasteiger partial charge in [-0.2, -0.15) is 0 Å². The summed E-state index contributed by atoms with van der Waals surface area (Å²) in [5, 5.41) is 3.78. The number of hydrogen-bond donors (Lipinski definition) is 1. The van der Waals surface area contributed by atoms with Crippen LogP contribution in [0.1, 0.15) is 97.8 Å². The zero-order valence-electron chi connectivity index (χ0n) is 13.3. The molecule has 18 heavy (non-hydrogen) atoms. The van der Waals surface area contributed by atoms with E-state index in [9.17, 15) is 0 Å². The van der Waals surface area contributed by atoms with Crippen molar-refractivity contribution in [3.05, 3.63) is 0 Å². The second-order valence-electron chi connectivity index (χ2n) is 5.70. The minimum absolute atomic E-state index is 0.792. The van der Waals surface area contributed by atoms with Crippen LogP contribution in [-0.2, 0) is 0 Å². The summed E-state index contributed by atoms with van der Waals surface area (Å²) >= 11 is 0. The summed E-state index contributed by atoms with van der Waals surface area (Å²) in [7, 11) is 0. The zero-order valence-corrected chi connectivity index (χ0v) is 13.3. The van der Waals surface area contributed by atoms with E-state index in [1.807, 2.05) is 0 Å². The molecule has 0 radical (unpaired) electrons. The molecule has 1 heteroatoms. The lowest BCUT2D eigenvalue weighted by atomic mass is 10.0. The Hall–Kier alpha value is -0.0400. The Bertz CT molecular complexity index is 137. The first kappa shape index (κ1) is 18.0. The first-order valence-corrected chi connectivity index (χ1v) is 8.58. The molecule has 0 aliphatic heterocycles. The van der Waals surface area contributed by atoms with Crippen LogP contribution in [0.3, 0.4) is 0 Å². The summed E-state index contributed by atoms with van der Waals surface area (Å²) in [6.45, 7) is 8.12. The molecule has 0 bridgehead atoms. The van der Waals surface area contributed by atoms with Crippen LogP contribution in [0.2, 0.25) is 0 Å². The number of nitrogens with one attached hydrogen (secondary N) is 1. The van der Waals surface area contributed by atoms with Gasteiger partial charge in [0.05, 0.1) is 0 Å². The van der Waals surface area contributed by atoms with Crippen molar-refractivity contribution in [2.75, 3.05) is 6.54 Å². The molecule has 110 valence electrons. The normalized spacial score (nSPS) is 11.3. The van der Waals surface area contributed by atoms with Gasteiger partial charge in [0.25, 0.3) is 0 Å². The molecule has 0 amide bonds. The summed E-state index contributed by atoms with van der Waals surface area (Å²) in [4.78, 5) is 0. The second-order valence-corrected chi connectivity index (χ2v) is 5.70. The van der Waals surface area contributed by atoms with Gasteiger partial charge < -0.3 is 5.32 Å². The van der Waals surface area contributed by atoms with Crippen molar-refractivity contribution < 1.29 is 0 Å². The number of rotatable bonds is 14. The monoisotopic (exact) mass is 255 g/mol. The third-order valence-corrected chi connectivity index (χ3v) is 3.78. The van der Waals surface area contributed by atoms with Crippen LogP contribution in [0.15, 0.2) is 0 Å². The molecular formula is C17H37N. The summed E-state index contributed by atoms with van der Waals surface area (Å²) in [6, 6.07) is 0.792. The molecule has 0 heterocycles. The minimum atomic E-state index is 0.792. The summed E-state index contributed by atoms with van der Waals surface area (Å²) in [5.74, 6) is 0. The average Bonchev–Trinajstić information content (AvgIpc) is 2.40. The summed E-state index contributed by atoms with van der Waals surface area (Å²) < 4.78 is 0. The van der Waals surface area contributed by atoms with Gasteiger partial charge in [0.2, 0.25) is 0 Å². The van der Waals surface area contributed by atoms with E-state index in [1.165, 1.54) is 83.6 Å². The topological polar surface area (TPSA) is 12.0 Å². The van der Waals surface area contributed by atoms with E-state index in [-0.39, 0.29) is 0 Å². The van der Waals surface area contributed by atoms with Crippen molar-refractivity contribution in [1.82, 2.24) is 5.32 Å². The van der Waals surface area contributed by atoms with Crippen LogP contribution in [0, 0.1) is 0 Å². The highest BCUT2D eigenvalue weighted by molar-refractivity contribution is 4.66. The Labute approximate surface area is 116 Å². The van der Waals surface area contributed by atoms with Gasteiger partial charge in [-0.3, -0.25) is 0 Å². The van der Waals surface area contributed by atoms with Crippen molar-refractivity contribution in [2.45, 2.75) is 104 Å². The average molecular weight is 255 g/mol. The van der Waals surface area contributed by atoms with E-state index in [2.05, 4.69) is 26.1 Å². The molecule has 0 fully saturated rings. The second kappa shape index (κ2) is 15.0. The largest absolute Gasteiger partial charge is 0.314 e. The van der Waals surface area contributed by atoms with Gasteiger partial charge in [-0.1, -0.05) is 78.6 Å². The van der Waals surface area contributed by atoms with Crippen LogP contribution in [0.4, 0.5) is 0 Å². The lowest BCUT2D eigenvalue weighted by Crippen LogP contribution is -2.29. The predicted octanol–water partition coefficient (Wildman–Crippen LogP) is 5.69. The van der Waals surface area contributed by atoms with Gasteiger partial charge in [0.15, 0.2) is 0 Å². The van der Waals surface area contributed by atoms with Gasteiger partial charge in [0.1, 0.15) is 0 Å². The highest BCUT2D eigenvalue weighted by atomic mass is 14.9. The Kier molecular flexibility index (Phi) is 15.0. The smallest absolute Gasteiger partial charge is 0.00670 e. The first-order valence-electron chi connectivity index (χ1n) is 8.58. The maximum atomic E-state index is 3.78. The molecule has 1 nitrogen and oxygen atoms in total. The fraction of sp³-hybridized carbons (Fsp3) is 1.00. The fourth-order valence-corrected chi connectivity index (χ4v) is 2.46. The Morgan fingerprint density at radius 1 is 0.611 bits per heavy atom. The van der Waals surface area contributed by atoms with Crippen LogP contribution in [0.25, 0.3) is 0 Å². The SMILES string of the molecule is CCCCCCCCNC(CCCC)CCCC. The quantitative estimate of drug-likeness (QED) is 0.393. The van der Waals surface area contributed by atoms with E-state index in [1.54, 1.807) is 0 Å². The molecule has 0 aromatic rings.